The zero-order valence-electron chi connectivity index (χ0n) is 15.7. The van der Waals surface area contributed by atoms with Crippen molar-refractivity contribution in [2.75, 3.05) is 40.8 Å². The molecule has 5 nitrogen and oxygen atoms in total. The van der Waals surface area contributed by atoms with E-state index < -0.39 is 0 Å². The number of likely N-dealkylation sites (tertiary alicyclic amines) is 2. The van der Waals surface area contributed by atoms with Crippen molar-refractivity contribution < 1.29 is 9.59 Å². The molecule has 0 radical (unpaired) electrons. The van der Waals surface area contributed by atoms with Gasteiger partial charge < -0.3 is 9.80 Å². The first kappa shape index (κ1) is 18.4. The minimum atomic E-state index is -0.0579. The monoisotopic (exact) mass is 363 g/mol. The molecule has 1 spiro atoms. The molecule has 0 N–H and O–H groups in total. The molecule has 1 unspecified atom stereocenters. The second kappa shape index (κ2) is 7.08. The van der Waals surface area contributed by atoms with E-state index in [0.717, 1.165) is 50.2 Å². The molecule has 1 aromatic rings. The number of hydrogen-bond acceptors (Lipinski definition) is 4. The van der Waals surface area contributed by atoms with Crippen molar-refractivity contribution in [3.63, 3.8) is 0 Å². The first-order chi connectivity index (χ1) is 11.8. The number of nitrogens with zero attached hydrogens (tertiary/aromatic N) is 3. The summed E-state index contributed by atoms with van der Waals surface area (Å²) in [5, 5.41) is 0. The predicted molar refractivity (Wildman–Crippen MR) is 101 cm³/mol. The fourth-order valence-corrected chi connectivity index (χ4v) is 5.33. The summed E-state index contributed by atoms with van der Waals surface area (Å²) in [4.78, 5) is 33.5. The number of rotatable bonds is 2. The van der Waals surface area contributed by atoms with Gasteiger partial charge in [0.05, 0.1) is 10.9 Å². The fraction of sp³-hybridized carbons (Fsp3) is 0.684. The summed E-state index contributed by atoms with van der Waals surface area (Å²) in [6.45, 7) is 4.51. The highest BCUT2D eigenvalue weighted by atomic mass is 32.1. The maximum atomic E-state index is 12.8. The lowest BCUT2D eigenvalue weighted by atomic mass is 9.66. The summed E-state index contributed by atoms with van der Waals surface area (Å²) in [5.74, 6) is 0.350. The van der Waals surface area contributed by atoms with Gasteiger partial charge in [-0.3, -0.25) is 14.5 Å². The van der Waals surface area contributed by atoms with Gasteiger partial charge in [-0.25, -0.2) is 0 Å². The summed E-state index contributed by atoms with van der Waals surface area (Å²) < 4.78 is 0. The van der Waals surface area contributed by atoms with Crippen LogP contribution < -0.4 is 0 Å². The number of likely N-dealkylation sites (N-methyl/N-ethyl adjacent to an activating group) is 2. The molecule has 2 aliphatic heterocycles. The average molecular weight is 364 g/mol. The van der Waals surface area contributed by atoms with Crippen LogP contribution in [0.15, 0.2) is 12.1 Å². The van der Waals surface area contributed by atoms with E-state index in [2.05, 4.69) is 11.9 Å². The second-order valence-electron chi connectivity index (χ2n) is 7.78. The topological polar surface area (TPSA) is 43.9 Å². The number of thiophene rings is 1. The highest BCUT2D eigenvalue weighted by Gasteiger charge is 2.49. The van der Waals surface area contributed by atoms with Crippen LogP contribution in [0.4, 0.5) is 0 Å². The van der Waals surface area contributed by atoms with Crippen molar-refractivity contribution in [2.45, 2.75) is 38.6 Å². The molecule has 0 bridgehead atoms. The molecule has 2 saturated heterocycles. The summed E-state index contributed by atoms with van der Waals surface area (Å²) in [7, 11) is 5.76. The van der Waals surface area contributed by atoms with Crippen molar-refractivity contribution in [3.8, 4) is 0 Å². The van der Waals surface area contributed by atoms with Crippen LogP contribution in [0.3, 0.4) is 0 Å². The lowest BCUT2D eigenvalue weighted by Crippen LogP contribution is -2.61. The van der Waals surface area contributed by atoms with Crippen molar-refractivity contribution in [3.05, 3.63) is 21.9 Å². The number of amides is 2. The van der Waals surface area contributed by atoms with Gasteiger partial charge in [0.2, 0.25) is 5.91 Å². The zero-order chi connectivity index (χ0) is 18.2. The number of aryl methyl sites for hydroxylation is 1. The minimum absolute atomic E-state index is 0.0104. The fourth-order valence-electron chi connectivity index (χ4n) is 4.49. The van der Waals surface area contributed by atoms with E-state index >= 15 is 0 Å². The summed E-state index contributed by atoms with van der Waals surface area (Å²) >= 11 is 1.57. The van der Waals surface area contributed by atoms with Gasteiger partial charge in [0.1, 0.15) is 0 Å². The standard InChI is InChI=1S/C19H29N3O2S/c1-14-6-7-15(25-14)17(23)22-12-9-19(10-13-22)8-5-11-21(4)16(19)18(24)20(2)3/h6-7,16H,5,8-13H2,1-4H3. The Morgan fingerprint density at radius 3 is 2.40 bits per heavy atom. The summed E-state index contributed by atoms with van der Waals surface area (Å²) in [5.41, 5.74) is 0.0104. The van der Waals surface area contributed by atoms with Gasteiger partial charge in [0.15, 0.2) is 0 Å². The van der Waals surface area contributed by atoms with Crippen LogP contribution in [0.1, 0.15) is 40.2 Å². The van der Waals surface area contributed by atoms with E-state index in [9.17, 15) is 9.59 Å². The first-order valence-electron chi connectivity index (χ1n) is 9.11. The molecule has 0 aliphatic carbocycles. The maximum Gasteiger partial charge on any atom is 0.263 e. The lowest BCUT2D eigenvalue weighted by Gasteiger charge is -2.52. The van der Waals surface area contributed by atoms with Crippen molar-refractivity contribution >= 4 is 23.2 Å². The molecule has 25 heavy (non-hydrogen) atoms. The number of hydrogen-bond donors (Lipinski definition) is 0. The van der Waals surface area contributed by atoms with Crippen LogP contribution in [0, 0.1) is 12.3 Å². The van der Waals surface area contributed by atoms with Gasteiger partial charge >= 0.3 is 0 Å². The van der Waals surface area contributed by atoms with E-state index in [0.29, 0.717) is 0 Å². The number of carbonyl (C=O) groups excluding carboxylic acids is 2. The van der Waals surface area contributed by atoms with Crippen LogP contribution in [0.5, 0.6) is 0 Å². The Kier molecular flexibility index (Phi) is 5.21. The van der Waals surface area contributed by atoms with E-state index in [-0.39, 0.29) is 23.3 Å². The van der Waals surface area contributed by atoms with Gasteiger partial charge in [-0.1, -0.05) is 0 Å². The highest BCUT2D eigenvalue weighted by molar-refractivity contribution is 7.13. The maximum absolute atomic E-state index is 12.8. The first-order valence-corrected chi connectivity index (χ1v) is 9.93. The smallest absolute Gasteiger partial charge is 0.263 e. The summed E-state index contributed by atoms with van der Waals surface area (Å²) in [6, 6.07) is 3.88. The van der Waals surface area contributed by atoms with Gasteiger partial charge in [0, 0.05) is 32.1 Å². The van der Waals surface area contributed by atoms with Crippen LogP contribution >= 0.6 is 11.3 Å². The Hall–Kier alpha value is -1.40. The Bertz CT molecular complexity index is 647. The molecule has 2 fully saturated rings. The van der Waals surface area contributed by atoms with Crippen LogP contribution in [0.25, 0.3) is 0 Å². The second-order valence-corrected chi connectivity index (χ2v) is 9.07. The average Bonchev–Trinajstić information content (AvgIpc) is 3.01. The summed E-state index contributed by atoms with van der Waals surface area (Å²) in [6.07, 6.45) is 4.04. The Labute approximate surface area is 154 Å². The van der Waals surface area contributed by atoms with Gasteiger partial charge in [-0.2, -0.15) is 0 Å². The zero-order valence-corrected chi connectivity index (χ0v) is 16.6. The molecule has 1 aromatic heterocycles. The Balaban J connectivity index is 1.74. The van der Waals surface area contributed by atoms with E-state index in [1.807, 2.05) is 38.1 Å². The SMILES string of the molecule is Cc1ccc(C(=O)N2CCC3(CCCN(C)C3C(=O)N(C)C)CC2)s1. The van der Waals surface area contributed by atoms with E-state index in [4.69, 9.17) is 0 Å². The number of carbonyl (C=O) groups is 2. The Morgan fingerprint density at radius 1 is 1.16 bits per heavy atom. The van der Waals surface area contributed by atoms with Gasteiger partial charge in [-0.15, -0.1) is 11.3 Å². The predicted octanol–water partition coefficient (Wildman–Crippen LogP) is 2.46. The van der Waals surface area contributed by atoms with Crippen LogP contribution in [-0.2, 0) is 4.79 Å². The molecule has 2 aliphatic rings. The molecule has 3 heterocycles. The molecule has 2 amide bonds. The minimum Gasteiger partial charge on any atom is -0.347 e. The van der Waals surface area contributed by atoms with Gasteiger partial charge in [-0.05, 0) is 63.7 Å². The quantitative estimate of drug-likeness (QED) is 0.811. The molecular weight excluding hydrogens is 334 g/mol. The van der Waals surface area contributed by atoms with Crippen molar-refractivity contribution in [2.24, 2.45) is 5.41 Å². The van der Waals surface area contributed by atoms with E-state index in [1.165, 1.54) is 4.88 Å². The molecule has 138 valence electrons. The third-order valence-electron chi connectivity index (χ3n) is 5.88. The molecule has 0 aromatic carbocycles. The third-order valence-corrected chi connectivity index (χ3v) is 6.87. The van der Waals surface area contributed by atoms with Crippen LogP contribution in [0.2, 0.25) is 0 Å². The van der Waals surface area contributed by atoms with Gasteiger partial charge in [0.25, 0.3) is 5.91 Å². The van der Waals surface area contributed by atoms with Crippen molar-refractivity contribution in [1.29, 1.82) is 0 Å². The van der Waals surface area contributed by atoms with Crippen LogP contribution in [-0.4, -0.2) is 73.3 Å². The Morgan fingerprint density at radius 2 is 1.84 bits per heavy atom. The van der Waals surface area contributed by atoms with E-state index in [1.54, 1.807) is 16.2 Å². The number of piperidine rings is 2. The third kappa shape index (κ3) is 3.47. The largest absolute Gasteiger partial charge is 0.347 e. The highest BCUT2D eigenvalue weighted by Crippen LogP contribution is 2.45. The molecule has 3 rings (SSSR count). The lowest BCUT2D eigenvalue weighted by molar-refractivity contribution is -0.144. The normalized spacial score (nSPS) is 23.7. The molecule has 6 heteroatoms. The molecule has 0 saturated carbocycles. The molecule has 1 atom stereocenters. The van der Waals surface area contributed by atoms with Crippen molar-refractivity contribution in [1.82, 2.24) is 14.7 Å². The molecular formula is C19H29N3O2S.